The summed E-state index contributed by atoms with van der Waals surface area (Å²) in [5, 5.41) is 3.18. The summed E-state index contributed by atoms with van der Waals surface area (Å²) in [6, 6.07) is 10.9. The molecule has 5 heteroatoms. The van der Waals surface area contributed by atoms with Gasteiger partial charge in [0.25, 0.3) is 0 Å². The van der Waals surface area contributed by atoms with Gasteiger partial charge >= 0.3 is 6.09 Å². The molecule has 2 saturated carbocycles. The highest BCUT2D eigenvalue weighted by molar-refractivity contribution is 5.81. The van der Waals surface area contributed by atoms with Gasteiger partial charge in [0.1, 0.15) is 6.61 Å². The second-order valence-corrected chi connectivity index (χ2v) is 7.68. The third-order valence-corrected chi connectivity index (χ3v) is 6.02. The van der Waals surface area contributed by atoms with Crippen LogP contribution in [0.15, 0.2) is 30.3 Å². The van der Waals surface area contributed by atoms with Gasteiger partial charge in [0, 0.05) is 19.0 Å². The minimum absolute atomic E-state index is 0.0233. The molecule has 1 aromatic carbocycles. The van der Waals surface area contributed by atoms with Crippen molar-refractivity contribution in [3.05, 3.63) is 35.9 Å². The Kier molecular flexibility index (Phi) is 3.74. The molecule has 0 bridgehead atoms. The second-order valence-electron chi connectivity index (χ2n) is 7.68. The summed E-state index contributed by atoms with van der Waals surface area (Å²) >= 11 is 0. The molecule has 1 spiro atoms. The molecule has 0 unspecified atom stereocenters. The van der Waals surface area contributed by atoms with Crippen LogP contribution in [0.5, 0.6) is 0 Å². The van der Waals surface area contributed by atoms with Gasteiger partial charge in [0.15, 0.2) is 0 Å². The molecule has 1 N–H and O–H groups in total. The van der Waals surface area contributed by atoms with Gasteiger partial charge in [-0.1, -0.05) is 30.3 Å². The number of nitrogens with one attached hydrogen (secondary N) is 1. The number of carbonyl (C=O) groups is 2. The maximum atomic E-state index is 12.4. The molecule has 4 rings (SSSR count). The highest BCUT2D eigenvalue weighted by atomic mass is 16.6. The van der Waals surface area contributed by atoms with Crippen molar-refractivity contribution >= 4 is 12.0 Å². The molecule has 5 nitrogen and oxygen atoms in total. The molecule has 24 heavy (non-hydrogen) atoms. The lowest BCUT2D eigenvalue weighted by atomic mass is 9.67. The van der Waals surface area contributed by atoms with Gasteiger partial charge in [-0.15, -0.1) is 0 Å². The molecule has 2 aliphatic carbocycles. The lowest BCUT2D eigenvalue weighted by molar-refractivity contribution is -0.133. The molecule has 2 amide bonds. The Hall–Kier alpha value is -2.04. The largest absolute Gasteiger partial charge is 0.447 e. The lowest BCUT2D eigenvalue weighted by Gasteiger charge is -2.47. The monoisotopic (exact) mass is 328 g/mol. The number of hydrogen-bond donors (Lipinski definition) is 1. The van der Waals surface area contributed by atoms with Crippen molar-refractivity contribution in [3.63, 3.8) is 0 Å². The van der Waals surface area contributed by atoms with E-state index in [2.05, 4.69) is 29.6 Å². The van der Waals surface area contributed by atoms with E-state index in [0.29, 0.717) is 18.6 Å². The van der Waals surface area contributed by atoms with Gasteiger partial charge in [0.05, 0.1) is 5.54 Å². The molecular formula is C19H24N2O3. The van der Waals surface area contributed by atoms with Gasteiger partial charge in [0.2, 0.25) is 5.91 Å². The van der Waals surface area contributed by atoms with Crippen LogP contribution in [0.2, 0.25) is 0 Å². The average Bonchev–Trinajstić information content (AvgIpc) is 2.81. The van der Waals surface area contributed by atoms with Gasteiger partial charge in [-0.2, -0.15) is 0 Å². The molecule has 1 saturated heterocycles. The van der Waals surface area contributed by atoms with Crippen LogP contribution in [0.1, 0.15) is 31.2 Å². The quantitative estimate of drug-likeness (QED) is 0.923. The van der Waals surface area contributed by atoms with Crippen molar-refractivity contribution in [1.82, 2.24) is 10.2 Å². The third-order valence-electron chi connectivity index (χ3n) is 6.02. The molecule has 0 radical (unpaired) electrons. The maximum absolute atomic E-state index is 12.4. The van der Waals surface area contributed by atoms with Gasteiger partial charge < -0.3 is 15.0 Å². The number of benzene rings is 1. The van der Waals surface area contributed by atoms with E-state index in [0.717, 1.165) is 32.1 Å². The van der Waals surface area contributed by atoms with Crippen molar-refractivity contribution in [2.75, 3.05) is 13.7 Å². The fourth-order valence-electron chi connectivity index (χ4n) is 4.30. The molecular weight excluding hydrogens is 304 g/mol. The first-order valence-corrected chi connectivity index (χ1v) is 8.81. The Morgan fingerprint density at radius 3 is 2.62 bits per heavy atom. The fourth-order valence-corrected chi connectivity index (χ4v) is 4.30. The highest BCUT2D eigenvalue weighted by Gasteiger charge is 2.56. The zero-order chi connectivity index (χ0) is 16.7. The van der Waals surface area contributed by atoms with Crippen LogP contribution in [0, 0.1) is 11.8 Å². The molecule has 1 aliphatic heterocycles. The van der Waals surface area contributed by atoms with E-state index in [4.69, 9.17) is 4.74 Å². The Morgan fingerprint density at radius 1 is 1.29 bits per heavy atom. The number of cyclic esters (lactones) is 1. The smallest absolute Gasteiger partial charge is 0.410 e. The minimum Gasteiger partial charge on any atom is -0.447 e. The molecule has 0 atom stereocenters. The highest BCUT2D eigenvalue weighted by Crippen LogP contribution is 2.45. The lowest BCUT2D eigenvalue weighted by Crippen LogP contribution is -2.59. The van der Waals surface area contributed by atoms with E-state index in [-0.39, 0.29) is 23.5 Å². The molecule has 1 aromatic rings. The number of hydrogen-bond acceptors (Lipinski definition) is 3. The van der Waals surface area contributed by atoms with Crippen LogP contribution in [-0.2, 0) is 16.0 Å². The van der Waals surface area contributed by atoms with Gasteiger partial charge in [-0.05, 0) is 43.6 Å². The first-order valence-electron chi connectivity index (χ1n) is 8.81. The second kappa shape index (κ2) is 5.80. The summed E-state index contributed by atoms with van der Waals surface area (Å²) in [7, 11) is 1.77. The molecule has 3 fully saturated rings. The topological polar surface area (TPSA) is 58.6 Å². The number of nitrogens with zero attached hydrogens (tertiary/aromatic N) is 1. The SMILES string of the molecule is CN1C(=O)OCC12CC(C(=O)NC1CC(Cc3ccccc3)C1)C2. The first kappa shape index (κ1) is 15.5. The van der Waals surface area contributed by atoms with Crippen LogP contribution < -0.4 is 5.32 Å². The zero-order valence-electron chi connectivity index (χ0n) is 14.0. The van der Waals surface area contributed by atoms with Crippen molar-refractivity contribution in [3.8, 4) is 0 Å². The Labute approximate surface area is 142 Å². The van der Waals surface area contributed by atoms with Crippen LogP contribution in [0.3, 0.4) is 0 Å². The fraction of sp³-hybridized carbons (Fsp3) is 0.579. The molecule has 3 aliphatic rings. The average molecular weight is 328 g/mol. The summed E-state index contributed by atoms with van der Waals surface area (Å²) in [6.07, 6.45) is 4.42. The van der Waals surface area contributed by atoms with Crippen LogP contribution >= 0.6 is 0 Å². The van der Waals surface area contributed by atoms with Crippen molar-refractivity contribution in [2.24, 2.45) is 11.8 Å². The minimum atomic E-state index is -0.267. The van der Waals surface area contributed by atoms with Gasteiger partial charge in [-0.3, -0.25) is 4.79 Å². The van der Waals surface area contributed by atoms with E-state index < -0.39 is 0 Å². The molecule has 0 aromatic heterocycles. The standard InChI is InChI=1S/C19H24N2O3/c1-21-18(23)24-12-19(21)10-15(11-19)17(22)20-16-8-14(9-16)7-13-5-3-2-4-6-13/h2-6,14-16H,7-12H2,1H3,(H,20,22). The Morgan fingerprint density at radius 2 is 2.00 bits per heavy atom. The number of rotatable bonds is 4. The normalized spacial score (nSPS) is 34.5. The Balaban J connectivity index is 1.20. The summed E-state index contributed by atoms with van der Waals surface area (Å²) < 4.78 is 5.09. The maximum Gasteiger partial charge on any atom is 0.410 e. The van der Waals surface area contributed by atoms with Gasteiger partial charge in [-0.25, -0.2) is 4.79 Å². The number of amides is 2. The number of likely N-dealkylation sites (N-methyl/N-ethyl adjacent to an activating group) is 1. The van der Waals surface area contributed by atoms with E-state index in [1.807, 2.05) is 6.07 Å². The van der Waals surface area contributed by atoms with E-state index in [9.17, 15) is 9.59 Å². The third kappa shape index (κ3) is 2.66. The van der Waals surface area contributed by atoms with Crippen LogP contribution in [-0.4, -0.2) is 42.1 Å². The first-order chi connectivity index (χ1) is 11.6. The van der Waals surface area contributed by atoms with E-state index >= 15 is 0 Å². The predicted molar refractivity (Wildman–Crippen MR) is 89.4 cm³/mol. The molecule has 1 heterocycles. The summed E-state index contributed by atoms with van der Waals surface area (Å²) in [5.41, 5.74) is 1.15. The van der Waals surface area contributed by atoms with E-state index in [1.165, 1.54) is 5.56 Å². The van der Waals surface area contributed by atoms with Crippen molar-refractivity contribution < 1.29 is 14.3 Å². The summed E-state index contributed by atoms with van der Waals surface area (Å²) in [5.74, 6) is 0.851. The predicted octanol–water partition coefficient (Wildman–Crippen LogP) is 2.35. The molecule has 128 valence electrons. The summed E-state index contributed by atoms with van der Waals surface area (Å²) in [6.45, 7) is 0.425. The van der Waals surface area contributed by atoms with Crippen LogP contribution in [0.25, 0.3) is 0 Å². The summed E-state index contributed by atoms with van der Waals surface area (Å²) in [4.78, 5) is 25.5. The van der Waals surface area contributed by atoms with Crippen molar-refractivity contribution in [2.45, 2.75) is 43.7 Å². The number of carbonyl (C=O) groups excluding carboxylic acids is 2. The Bertz CT molecular complexity index is 633. The van der Waals surface area contributed by atoms with E-state index in [1.54, 1.807) is 11.9 Å². The number of ether oxygens (including phenoxy) is 1. The zero-order valence-corrected chi connectivity index (χ0v) is 14.0. The van der Waals surface area contributed by atoms with Crippen molar-refractivity contribution in [1.29, 1.82) is 0 Å². The van der Waals surface area contributed by atoms with Crippen LogP contribution in [0.4, 0.5) is 4.79 Å².